The Morgan fingerprint density at radius 3 is 2.27 bits per heavy atom. The molecule has 0 aromatic rings. The minimum Gasteiger partial charge on any atom is -0.334 e. The van der Waals surface area contributed by atoms with Crippen LogP contribution in [-0.2, 0) is 4.79 Å². The van der Waals surface area contributed by atoms with Crippen LogP contribution in [0.3, 0.4) is 0 Å². The lowest BCUT2D eigenvalue weighted by molar-refractivity contribution is -0.136. The number of carbonyl (C=O) groups excluding carboxylic acids is 1. The first-order chi connectivity index (χ1) is 7.04. The van der Waals surface area contributed by atoms with E-state index in [1.54, 1.807) is 17.1 Å². The number of amides is 1. The summed E-state index contributed by atoms with van der Waals surface area (Å²) in [6.07, 6.45) is 5.55. The number of hydrogen-bond donors (Lipinski definition) is 1. The number of hydrogen-bond acceptors (Lipinski definition) is 2. The zero-order chi connectivity index (χ0) is 11.5. The van der Waals surface area contributed by atoms with E-state index in [2.05, 4.69) is 13.2 Å². The first-order valence-electron chi connectivity index (χ1n) is 5.34. The van der Waals surface area contributed by atoms with Gasteiger partial charge in [0.2, 0.25) is 5.91 Å². The Morgan fingerprint density at radius 1 is 1.47 bits per heavy atom. The molecule has 1 fully saturated rings. The van der Waals surface area contributed by atoms with Crippen molar-refractivity contribution in [2.75, 3.05) is 13.1 Å². The fourth-order valence-electron chi connectivity index (χ4n) is 1.75. The molecule has 0 aromatic carbocycles. The summed E-state index contributed by atoms with van der Waals surface area (Å²) in [6.45, 7) is 10.2. The highest BCUT2D eigenvalue weighted by molar-refractivity contribution is 5.86. The molecule has 0 aromatic heterocycles. The highest BCUT2D eigenvalue weighted by Crippen LogP contribution is 2.38. The molecular weight excluding hydrogens is 188 g/mol. The third-order valence-electron chi connectivity index (χ3n) is 2.87. The summed E-state index contributed by atoms with van der Waals surface area (Å²) in [5, 5.41) is 0. The molecule has 0 heterocycles. The lowest BCUT2D eigenvalue weighted by Gasteiger charge is -2.30. The van der Waals surface area contributed by atoms with Gasteiger partial charge in [-0.3, -0.25) is 4.79 Å². The summed E-state index contributed by atoms with van der Waals surface area (Å²) in [7, 11) is 0. The van der Waals surface area contributed by atoms with Crippen molar-refractivity contribution in [3.8, 4) is 0 Å². The minimum absolute atomic E-state index is 0.00444. The van der Waals surface area contributed by atoms with Crippen molar-refractivity contribution in [3.63, 3.8) is 0 Å². The monoisotopic (exact) mass is 208 g/mol. The molecule has 0 bridgehead atoms. The van der Waals surface area contributed by atoms with Crippen molar-refractivity contribution >= 4 is 5.91 Å². The van der Waals surface area contributed by atoms with Gasteiger partial charge in [-0.15, -0.1) is 13.2 Å². The predicted octanol–water partition coefficient (Wildman–Crippen LogP) is 1.31. The second kappa shape index (κ2) is 4.62. The Bertz CT molecular complexity index is 257. The molecule has 1 aliphatic rings. The maximum atomic E-state index is 12.1. The maximum absolute atomic E-state index is 12.1. The van der Waals surface area contributed by atoms with E-state index in [1.165, 1.54) is 0 Å². The summed E-state index contributed by atoms with van der Waals surface area (Å²) in [4.78, 5) is 13.8. The first-order valence-corrected chi connectivity index (χ1v) is 5.34. The van der Waals surface area contributed by atoms with E-state index >= 15 is 0 Å². The van der Waals surface area contributed by atoms with Gasteiger partial charge in [-0.05, 0) is 25.7 Å². The van der Waals surface area contributed by atoms with Crippen LogP contribution in [0.15, 0.2) is 25.3 Å². The standard InChI is InChI=1S/C12H20N2O/c1-4-8-14(9-5-2)11(15)12(3,13)10-6-7-10/h4-5,10H,1-2,6-9,13H2,3H3. The second-order valence-electron chi connectivity index (χ2n) is 4.34. The average Bonchev–Trinajstić information content (AvgIpc) is 2.99. The van der Waals surface area contributed by atoms with E-state index in [0.717, 1.165) is 12.8 Å². The molecule has 0 saturated heterocycles. The highest BCUT2D eigenvalue weighted by atomic mass is 16.2. The van der Waals surface area contributed by atoms with Crippen LogP contribution in [0.5, 0.6) is 0 Å². The van der Waals surface area contributed by atoms with Crippen LogP contribution < -0.4 is 5.73 Å². The zero-order valence-corrected chi connectivity index (χ0v) is 9.41. The normalized spacial score (nSPS) is 19.1. The smallest absolute Gasteiger partial charge is 0.243 e. The molecule has 0 aliphatic heterocycles. The molecule has 0 spiro atoms. The van der Waals surface area contributed by atoms with E-state index in [9.17, 15) is 4.79 Å². The van der Waals surface area contributed by atoms with Gasteiger partial charge in [-0.1, -0.05) is 12.2 Å². The Labute approximate surface area is 91.6 Å². The SMILES string of the molecule is C=CCN(CC=C)C(=O)C(C)(N)C1CC1. The van der Waals surface area contributed by atoms with E-state index in [1.807, 2.05) is 6.92 Å². The van der Waals surface area contributed by atoms with Crippen molar-refractivity contribution in [2.45, 2.75) is 25.3 Å². The Kier molecular flexibility index (Phi) is 3.69. The molecule has 2 N–H and O–H groups in total. The van der Waals surface area contributed by atoms with Gasteiger partial charge < -0.3 is 10.6 Å². The van der Waals surface area contributed by atoms with Gasteiger partial charge in [0, 0.05) is 13.1 Å². The molecule has 1 aliphatic carbocycles. The van der Waals surface area contributed by atoms with Gasteiger partial charge in [0.15, 0.2) is 0 Å². The molecule has 1 unspecified atom stereocenters. The van der Waals surface area contributed by atoms with Crippen LogP contribution in [-0.4, -0.2) is 29.4 Å². The molecule has 1 saturated carbocycles. The average molecular weight is 208 g/mol. The molecule has 1 amide bonds. The van der Waals surface area contributed by atoms with Crippen molar-refractivity contribution in [1.82, 2.24) is 4.90 Å². The molecule has 0 radical (unpaired) electrons. The van der Waals surface area contributed by atoms with Gasteiger partial charge in [0.05, 0.1) is 5.54 Å². The van der Waals surface area contributed by atoms with Gasteiger partial charge in [-0.25, -0.2) is 0 Å². The number of nitrogens with two attached hydrogens (primary N) is 1. The quantitative estimate of drug-likeness (QED) is 0.669. The van der Waals surface area contributed by atoms with Crippen LogP contribution in [0.1, 0.15) is 19.8 Å². The van der Waals surface area contributed by atoms with Crippen molar-refractivity contribution in [2.24, 2.45) is 11.7 Å². The number of carbonyl (C=O) groups is 1. The lowest BCUT2D eigenvalue weighted by atomic mass is 9.95. The molecule has 84 valence electrons. The van der Waals surface area contributed by atoms with E-state index in [4.69, 9.17) is 5.73 Å². The topological polar surface area (TPSA) is 46.3 Å². The Morgan fingerprint density at radius 2 is 1.93 bits per heavy atom. The Balaban J connectivity index is 2.68. The predicted molar refractivity (Wildman–Crippen MR) is 62.3 cm³/mol. The summed E-state index contributed by atoms with van der Waals surface area (Å²) in [5.74, 6) is 0.354. The zero-order valence-electron chi connectivity index (χ0n) is 9.41. The Hall–Kier alpha value is -1.09. The molecule has 1 atom stereocenters. The first kappa shape index (κ1) is 12.0. The van der Waals surface area contributed by atoms with Crippen LogP contribution in [0.2, 0.25) is 0 Å². The summed E-state index contributed by atoms with van der Waals surface area (Å²) >= 11 is 0. The third-order valence-corrected chi connectivity index (χ3v) is 2.87. The van der Waals surface area contributed by atoms with Crippen molar-refractivity contribution < 1.29 is 4.79 Å². The number of rotatable bonds is 6. The minimum atomic E-state index is -0.716. The molecule has 3 nitrogen and oxygen atoms in total. The van der Waals surface area contributed by atoms with Gasteiger partial charge in [0.25, 0.3) is 0 Å². The molecule has 1 rings (SSSR count). The molecule has 15 heavy (non-hydrogen) atoms. The lowest BCUT2D eigenvalue weighted by Crippen LogP contribution is -2.54. The highest BCUT2D eigenvalue weighted by Gasteiger charge is 2.45. The van der Waals surface area contributed by atoms with Gasteiger partial charge in [-0.2, -0.15) is 0 Å². The van der Waals surface area contributed by atoms with Crippen molar-refractivity contribution in [3.05, 3.63) is 25.3 Å². The summed E-state index contributed by atoms with van der Waals surface area (Å²) < 4.78 is 0. The fourth-order valence-corrected chi connectivity index (χ4v) is 1.75. The fraction of sp³-hybridized carbons (Fsp3) is 0.583. The van der Waals surface area contributed by atoms with Crippen LogP contribution in [0, 0.1) is 5.92 Å². The van der Waals surface area contributed by atoms with Crippen LogP contribution >= 0.6 is 0 Å². The summed E-state index contributed by atoms with van der Waals surface area (Å²) in [6, 6.07) is 0. The van der Waals surface area contributed by atoms with Gasteiger partial charge in [0.1, 0.15) is 0 Å². The van der Waals surface area contributed by atoms with E-state index in [0.29, 0.717) is 19.0 Å². The van der Waals surface area contributed by atoms with E-state index in [-0.39, 0.29) is 5.91 Å². The summed E-state index contributed by atoms with van der Waals surface area (Å²) in [5.41, 5.74) is 5.35. The van der Waals surface area contributed by atoms with Crippen molar-refractivity contribution in [1.29, 1.82) is 0 Å². The third kappa shape index (κ3) is 2.69. The number of nitrogens with zero attached hydrogens (tertiary/aromatic N) is 1. The maximum Gasteiger partial charge on any atom is 0.243 e. The van der Waals surface area contributed by atoms with Crippen LogP contribution in [0.25, 0.3) is 0 Å². The van der Waals surface area contributed by atoms with Gasteiger partial charge >= 0.3 is 0 Å². The molecule has 3 heteroatoms. The van der Waals surface area contributed by atoms with Crippen LogP contribution in [0.4, 0.5) is 0 Å². The largest absolute Gasteiger partial charge is 0.334 e. The van der Waals surface area contributed by atoms with E-state index < -0.39 is 5.54 Å². The second-order valence-corrected chi connectivity index (χ2v) is 4.34. The molecular formula is C12H20N2O.